The Kier molecular flexibility index (Phi) is 4.50. The van der Waals surface area contributed by atoms with Crippen LogP contribution in [0.1, 0.15) is 19.8 Å². The van der Waals surface area contributed by atoms with Crippen LogP contribution in [0.2, 0.25) is 0 Å². The average molecular weight is 266 g/mol. The molecule has 1 aliphatic rings. The first-order chi connectivity index (χ1) is 9.11. The Balaban J connectivity index is 2.25. The van der Waals surface area contributed by atoms with Crippen molar-refractivity contribution in [1.29, 1.82) is 0 Å². The minimum absolute atomic E-state index is 0.0485. The van der Waals surface area contributed by atoms with Crippen LogP contribution in [0.5, 0.6) is 0 Å². The predicted octanol–water partition coefficient (Wildman–Crippen LogP) is 1.29. The number of hydrogen-bond donors (Lipinski definition) is 2. The fraction of sp³-hybridized carbons (Fsp3) is 0.500. The van der Waals surface area contributed by atoms with E-state index < -0.39 is 6.04 Å². The van der Waals surface area contributed by atoms with E-state index in [9.17, 15) is 9.18 Å². The summed E-state index contributed by atoms with van der Waals surface area (Å²) >= 11 is 0. The van der Waals surface area contributed by atoms with Crippen molar-refractivity contribution in [1.82, 2.24) is 5.32 Å². The Bertz CT molecular complexity index is 453. The highest BCUT2D eigenvalue weighted by atomic mass is 19.1. The third-order valence-corrected chi connectivity index (χ3v) is 3.37. The highest BCUT2D eigenvalue weighted by Crippen LogP contribution is 2.20. The standard InChI is InChI=1S/C14H19FN2O2/c1-10-5-7-17(12-4-2-3-11(15)9-12)14(19)13(16-10)6-8-18/h2-4,9-10,13,16,18H,5-8H2,1H3. The lowest BCUT2D eigenvalue weighted by Crippen LogP contribution is -2.45. The maximum Gasteiger partial charge on any atom is 0.244 e. The van der Waals surface area contributed by atoms with Gasteiger partial charge in [-0.3, -0.25) is 4.79 Å². The number of aliphatic hydroxyl groups excluding tert-OH is 1. The Hall–Kier alpha value is -1.46. The summed E-state index contributed by atoms with van der Waals surface area (Å²) in [6.45, 7) is 2.51. The van der Waals surface area contributed by atoms with Crippen LogP contribution < -0.4 is 10.2 Å². The Morgan fingerprint density at radius 3 is 3.00 bits per heavy atom. The van der Waals surface area contributed by atoms with E-state index in [0.717, 1.165) is 6.42 Å². The maximum atomic E-state index is 13.3. The molecule has 2 N–H and O–H groups in total. The van der Waals surface area contributed by atoms with Gasteiger partial charge in [0.05, 0.1) is 6.04 Å². The molecule has 0 saturated carbocycles. The van der Waals surface area contributed by atoms with E-state index >= 15 is 0 Å². The van der Waals surface area contributed by atoms with E-state index in [4.69, 9.17) is 5.11 Å². The zero-order valence-electron chi connectivity index (χ0n) is 11.0. The number of rotatable bonds is 3. The van der Waals surface area contributed by atoms with Crippen molar-refractivity contribution in [2.45, 2.75) is 31.8 Å². The summed E-state index contributed by atoms with van der Waals surface area (Å²) in [6, 6.07) is 5.83. The van der Waals surface area contributed by atoms with E-state index in [2.05, 4.69) is 5.32 Å². The number of anilines is 1. The summed E-state index contributed by atoms with van der Waals surface area (Å²) in [5.41, 5.74) is 0.573. The quantitative estimate of drug-likeness (QED) is 0.867. The Morgan fingerprint density at radius 1 is 1.53 bits per heavy atom. The third kappa shape index (κ3) is 3.30. The molecule has 5 heteroatoms. The van der Waals surface area contributed by atoms with E-state index in [1.807, 2.05) is 6.92 Å². The lowest BCUT2D eigenvalue weighted by molar-refractivity contribution is -0.120. The summed E-state index contributed by atoms with van der Waals surface area (Å²) in [4.78, 5) is 14.0. The molecule has 1 amide bonds. The largest absolute Gasteiger partial charge is 0.396 e. The first-order valence-electron chi connectivity index (χ1n) is 6.55. The summed E-state index contributed by atoms with van der Waals surface area (Å²) in [5, 5.41) is 12.2. The number of carbonyl (C=O) groups excluding carboxylic acids is 1. The first kappa shape index (κ1) is 14.0. The first-order valence-corrected chi connectivity index (χ1v) is 6.55. The van der Waals surface area contributed by atoms with Crippen LogP contribution in [-0.4, -0.2) is 36.2 Å². The molecule has 1 aliphatic heterocycles. The molecule has 1 aromatic carbocycles. The molecule has 1 aromatic rings. The molecule has 1 heterocycles. The number of carbonyl (C=O) groups is 1. The van der Waals surface area contributed by atoms with Crippen LogP contribution in [0.3, 0.4) is 0 Å². The van der Waals surface area contributed by atoms with Crippen molar-refractivity contribution in [3.63, 3.8) is 0 Å². The van der Waals surface area contributed by atoms with Gasteiger partial charge in [-0.05, 0) is 38.0 Å². The van der Waals surface area contributed by atoms with Gasteiger partial charge in [-0.2, -0.15) is 0 Å². The van der Waals surface area contributed by atoms with Gasteiger partial charge in [0.25, 0.3) is 0 Å². The Morgan fingerprint density at radius 2 is 2.32 bits per heavy atom. The minimum Gasteiger partial charge on any atom is -0.396 e. The van der Waals surface area contributed by atoms with Crippen molar-refractivity contribution in [2.75, 3.05) is 18.1 Å². The van der Waals surface area contributed by atoms with Gasteiger partial charge in [-0.15, -0.1) is 0 Å². The average Bonchev–Trinajstić information content (AvgIpc) is 2.51. The van der Waals surface area contributed by atoms with E-state index in [1.54, 1.807) is 17.0 Å². The smallest absolute Gasteiger partial charge is 0.244 e. The van der Waals surface area contributed by atoms with Crippen LogP contribution in [0, 0.1) is 5.82 Å². The van der Waals surface area contributed by atoms with Crippen molar-refractivity contribution in [3.8, 4) is 0 Å². The van der Waals surface area contributed by atoms with E-state index in [1.165, 1.54) is 12.1 Å². The molecule has 0 bridgehead atoms. The monoisotopic (exact) mass is 266 g/mol. The van der Waals surface area contributed by atoms with Crippen molar-refractivity contribution in [2.24, 2.45) is 0 Å². The molecule has 1 fully saturated rings. The van der Waals surface area contributed by atoms with Crippen molar-refractivity contribution >= 4 is 11.6 Å². The lowest BCUT2D eigenvalue weighted by Gasteiger charge is -2.24. The normalized spacial score (nSPS) is 24.4. The van der Waals surface area contributed by atoms with Crippen LogP contribution >= 0.6 is 0 Å². The highest BCUT2D eigenvalue weighted by Gasteiger charge is 2.29. The molecule has 2 atom stereocenters. The van der Waals surface area contributed by atoms with E-state index in [-0.39, 0.29) is 24.4 Å². The highest BCUT2D eigenvalue weighted by molar-refractivity contribution is 5.97. The number of benzene rings is 1. The van der Waals surface area contributed by atoms with E-state index in [0.29, 0.717) is 18.7 Å². The zero-order chi connectivity index (χ0) is 13.8. The van der Waals surface area contributed by atoms with Crippen LogP contribution in [0.4, 0.5) is 10.1 Å². The van der Waals surface area contributed by atoms with Gasteiger partial charge >= 0.3 is 0 Å². The molecule has 0 radical (unpaired) electrons. The number of nitrogens with one attached hydrogen (secondary N) is 1. The number of halogens is 1. The van der Waals surface area contributed by atoms with Gasteiger partial charge in [0, 0.05) is 24.9 Å². The molecular weight excluding hydrogens is 247 g/mol. The van der Waals surface area contributed by atoms with Crippen molar-refractivity contribution < 1.29 is 14.3 Å². The lowest BCUT2D eigenvalue weighted by atomic mass is 10.1. The fourth-order valence-corrected chi connectivity index (χ4v) is 2.36. The SMILES string of the molecule is CC1CCN(c2cccc(F)c2)C(=O)C(CCO)N1. The van der Waals surface area contributed by atoms with Gasteiger partial charge in [0.15, 0.2) is 0 Å². The molecule has 0 aliphatic carbocycles. The maximum absolute atomic E-state index is 13.3. The van der Waals surface area contributed by atoms with Gasteiger partial charge in [-0.25, -0.2) is 4.39 Å². The molecule has 1 saturated heterocycles. The molecule has 2 rings (SSSR count). The molecular formula is C14H19FN2O2. The van der Waals surface area contributed by atoms with Gasteiger partial charge in [0.1, 0.15) is 5.82 Å². The fourth-order valence-electron chi connectivity index (χ4n) is 2.36. The number of nitrogens with zero attached hydrogens (tertiary/aromatic N) is 1. The number of hydrogen-bond acceptors (Lipinski definition) is 3. The molecule has 0 aromatic heterocycles. The summed E-state index contributed by atoms with van der Waals surface area (Å²) in [5.74, 6) is -0.460. The van der Waals surface area contributed by atoms with Crippen molar-refractivity contribution in [3.05, 3.63) is 30.1 Å². The van der Waals surface area contributed by atoms with Crippen LogP contribution in [-0.2, 0) is 4.79 Å². The second-order valence-corrected chi connectivity index (χ2v) is 4.89. The molecule has 2 unspecified atom stereocenters. The molecule has 104 valence electrons. The zero-order valence-corrected chi connectivity index (χ0v) is 11.0. The third-order valence-electron chi connectivity index (χ3n) is 3.37. The van der Waals surface area contributed by atoms with Gasteiger partial charge in [0.2, 0.25) is 5.91 Å². The second-order valence-electron chi connectivity index (χ2n) is 4.89. The molecule has 19 heavy (non-hydrogen) atoms. The van der Waals surface area contributed by atoms with Gasteiger partial charge in [-0.1, -0.05) is 6.07 Å². The topological polar surface area (TPSA) is 52.6 Å². The number of aliphatic hydroxyl groups is 1. The van der Waals surface area contributed by atoms with Crippen LogP contribution in [0.25, 0.3) is 0 Å². The summed E-state index contributed by atoms with van der Waals surface area (Å²) in [7, 11) is 0. The summed E-state index contributed by atoms with van der Waals surface area (Å²) < 4.78 is 13.3. The predicted molar refractivity (Wildman–Crippen MR) is 71.5 cm³/mol. The molecule has 4 nitrogen and oxygen atoms in total. The minimum atomic E-state index is -0.411. The molecule has 0 spiro atoms. The Labute approximate surface area is 112 Å². The summed E-state index contributed by atoms with van der Waals surface area (Å²) in [6.07, 6.45) is 1.17. The van der Waals surface area contributed by atoms with Crippen LogP contribution in [0.15, 0.2) is 24.3 Å². The van der Waals surface area contributed by atoms with Gasteiger partial charge < -0.3 is 15.3 Å². The number of amides is 1. The second kappa shape index (κ2) is 6.12.